The van der Waals surface area contributed by atoms with Crippen LogP contribution in [0.3, 0.4) is 0 Å². The lowest BCUT2D eigenvalue weighted by molar-refractivity contribution is 0.0701. The summed E-state index contributed by atoms with van der Waals surface area (Å²) in [5.41, 5.74) is 14.0. The number of hydrogen-bond acceptors (Lipinski definition) is 1. The van der Waals surface area contributed by atoms with Crippen molar-refractivity contribution in [2.45, 2.75) is 90.1 Å². The Morgan fingerprint density at radius 2 is 1.04 bits per heavy atom. The number of nitrogens with zero attached hydrogens (tertiary/aromatic N) is 1. The van der Waals surface area contributed by atoms with E-state index in [-0.39, 0.29) is 11.1 Å². The maximum atomic E-state index is 2.87. The highest BCUT2D eigenvalue weighted by Gasteiger charge is 2.67. The maximum absolute atomic E-state index is 2.87. The second-order valence-electron chi connectivity index (χ2n) is 8.90. The summed E-state index contributed by atoms with van der Waals surface area (Å²) in [7, 11) is 2.47. The van der Waals surface area contributed by atoms with Gasteiger partial charge in [-0.15, -0.1) is 0 Å². The Morgan fingerprint density at radius 3 is 1.46 bits per heavy atom. The number of likely N-dealkylation sites (N-methyl/N-ethyl adjacent to an activating group) is 1. The van der Waals surface area contributed by atoms with E-state index < -0.39 is 0 Å². The van der Waals surface area contributed by atoms with Gasteiger partial charge in [0.15, 0.2) is 0 Å². The summed E-state index contributed by atoms with van der Waals surface area (Å²) < 4.78 is 0. The third-order valence-electron chi connectivity index (χ3n) is 8.45. The summed E-state index contributed by atoms with van der Waals surface area (Å²) in [6, 6.07) is 0. The van der Waals surface area contributed by atoms with Crippen molar-refractivity contribution in [1.82, 2.24) is 4.90 Å². The smallest absolute Gasteiger partial charge is 0.0691 e. The molecule has 2 saturated carbocycles. The van der Waals surface area contributed by atoms with Crippen molar-refractivity contribution >= 4 is 0 Å². The summed E-state index contributed by atoms with van der Waals surface area (Å²) in [5.74, 6) is 0. The fraction of sp³-hybridized carbons (Fsp3) is 0.652. The zero-order valence-corrected chi connectivity index (χ0v) is 16.1. The highest BCUT2D eigenvalue weighted by Crippen LogP contribution is 2.70. The van der Waals surface area contributed by atoms with Gasteiger partial charge in [0, 0.05) is 0 Å². The first-order chi connectivity index (χ1) is 11.5. The molecular formula is C23H31N. The molecule has 0 amide bonds. The van der Waals surface area contributed by atoms with Gasteiger partial charge in [0.25, 0.3) is 0 Å². The lowest BCUT2D eigenvalue weighted by Gasteiger charge is -2.42. The van der Waals surface area contributed by atoms with Crippen LogP contribution in [0.2, 0.25) is 0 Å². The van der Waals surface area contributed by atoms with E-state index in [9.17, 15) is 0 Å². The first kappa shape index (κ1) is 15.2. The largest absolute Gasteiger partial charge is 0.280 e. The van der Waals surface area contributed by atoms with Gasteiger partial charge in [-0.3, -0.25) is 4.90 Å². The average molecular weight is 322 g/mol. The van der Waals surface area contributed by atoms with Crippen molar-refractivity contribution in [3.8, 4) is 0 Å². The second kappa shape index (κ2) is 4.55. The molecular weight excluding hydrogens is 290 g/mol. The van der Waals surface area contributed by atoms with Crippen LogP contribution in [0, 0.1) is 27.7 Å². The summed E-state index contributed by atoms with van der Waals surface area (Å²) in [4.78, 5) is 2.87. The Morgan fingerprint density at radius 1 is 0.625 bits per heavy atom. The summed E-state index contributed by atoms with van der Waals surface area (Å²) in [5, 5.41) is 0. The van der Waals surface area contributed by atoms with E-state index in [1.165, 1.54) is 51.4 Å². The molecule has 2 spiro atoms. The van der Waals surface area contributed by atoms with Crippen LogP contribution in [0.1, 0.15) is 84.7 Å². The molecule has 2 fully saturated rings. The summed E-state index contributed by atoms with van der Waals surface area (Å²) in [6.45, 7) is 9.53. The predicted molar refractivity (Wildman–Crippen MR) is 100 cm³/mol. The van der Waals surface area contributed by atoms with Crippen molar-refractivity contribution in [1.29, 1.82) is 0 Å². The van der Waals surface area contributed by atoms with Crippen molar-refractivity contribution < 1.29 is 0 Å². The van der Waals surface area contributed by atoms with Gasteiger partial charge in [-0.05, 0) is 118 Å². The van der Waals surface area contributed by atoms with Crippen molar-refractivity contribution in [2.75, 3.05) is 7.05 Å². The standard InChI is InChI=1S/C23H31N/c1-14-15(2)17(4)21-20(16(14)3)22-12-8-6-10-18(22)19-11-7-9-13-23(19,21)24(22)5/h6-13H2,1-5H3. The molecule has 1 aromatic carbocycles. The molecule has 2 unspecified atom stereocenters. The van der Waals surface area contributed by atoms with Crippen molar-refractivity contribution in [3.05, 3.63) is 44.5 Å². The minimum absolute atomic E-state index is 0.251. The van der Waals surface area contributed by atoms with E-state index in [0.29, 0.717) is 0 Å². The van der Waals surface area contributed by atoms with E-state index >= 15 is 0 Å². The molecule has 1 aromatic rings. The highest BCUT2D eigenvalue weighted by atomic mass is 15.3. The molecule has 128 valence electrons. The van der Waals surface area contributed by atoms with Crippen molar-refractivity contribution in [3.63, 3.8) is 0 Å². The zero-order chi connectivity index (χ0) is 16.9. The number of rotatable bonds is 0. The minimum Gasteiger partial charge on any atom is -0.280 e. The molecule has 2 bridgehead atoms. The summed E-state index contributed by atoms with van der Waals surface area (Å²) in [6.07, 6.45) is 11.0. The molecule has 5 rings (SSSR count). The van der Waals surface area contributed by atoms with Gasteiger partial charge in [0.1, 0.15) is 0 Å². The van der Waals surface area contributed by atoms with Crippen LogP contribution >= 0.6 is 0 Å². The maximum Gasteiger partial charge on any atom is 0.0691 e. The lowest BCUT2D eigenvalue weighted by Crippen LogP contribution is -2.45. The zero-order valence-electron chi connectivity index (χ0n) is 16.1. The van der Waals surface area contributed by atoms with Crippen molar-refractivity contribution in [2.24, 2.45) is 0 Å². The van der Waals surface area contributed by atoms with Crippen LogP contribution in [-0.4, -0.2) is 11.9 Å². The Kier molecular flexibility index (Phi) is 2.88. The van der Waals surface area contributed by atoms with Gasteiger partial charge in [-0.25, -0.2) is 0 Å². The summed E-state index contributed by atoms with van der Waals surface area (Å²) >= 11 is 0. The first-order valence-electron chi connectivity index (χ1n) is 10.1. The van der Waals surface area contributed by atoms with Crippen LogP contribution < -0.4 is 0 Å². The SMILES string of the molecule is Cc1c(C)c(C)c2c(c1C)C13CCCCC1=C1CCCCC12N3C. The van der Waals surface area contributed by atoms with Gasteiger partial charge in [-0.2, -0.15) is 0 Å². The van der Waals surface area contributed by atoms with Gasteiger partial charge >= 0.3 is 0 Å². The van der Waals surface area contributed by atoms with Gasteiger partial charge in [0.05, 0.1) is 11.1 Å². The first-order valence-corrected chi connectivity index (χ1v) is 10.1. The van der Waals surface area contributed by atoms with E-state index in [1.807, 2.05) is 11.1 Å². The minimum atomic E-state index is 0.251. The molecule has 4 aliphatic rings. The van der Waals surface area contributed by atoms with E-state index in [1.54, 1.807) is 33.4 Å². The third kappa shape index (κ3) is 1.33. The monoisotopic (exact) mass is 321 g/mol. The molecule has 2 atom stereocenters. The van der Waals surface area contributed by atoms with Gasteiger partial charge in [-0.1, -0.05) is 12.8 Å². The average Bonchev–Trinajstić information content (AvgIpc) is 2.95. The van der Waals surface area contributed by atoms with Crippen LogP contribution in [0.4, 0.5) is 0 Å². The van der Waals surface area contributed by atoms with E-state index in [0.717, 1.165) is 0 Å². The van der Waals surface area contributed by atoms with Crippen LogP contribution in [0.15, 0.2) is 11.1 Å². The predicted octanol–water partition coefficient (Wildman–Crippen LogP) is 5.71. The lowest BCUT2D eigenvalue weighted by atomic mass is 9.61. The molecule has 24 heavy (non-hydrogen) atoms. The molecule has 2 heterocycles. The third-order valence-corrected chi connectivity index (χ3v) is 8.45. The van der Waals surface area contributed by atoms with E-state index in [2.05, 4.69) is 39.6 Å². The number of hydrogen-bond donors (Lipinski definition) is 0. The fourth-order valence-corrected chi connectivity index (χ4v) is 7.18. The van der Waals surface area contributed by atoms with E-state index in [4.69, 9.17) is 0 Å². The highest BCUT2D eigenvalue weighted by molar-refractivity contribution is 5.69. The number of fused-ring (bicyclic) bond motifs is 1. The topological polar surface area (TPSA) is 3.24 Å². The number of benzene rings is 1. The van der Waals surface area contributed by atoms with Gasteiger partial charge in [0.2, 0.25) is 0 Å². The molecule has 0 aromatic heterocycles. The quantitative estimate of drug-likeness (QED) is 0.553. The Bertz CT molecular complexity index is 734. The molecule has 0 saturated heterocycles. The fourth-order valence-electron chi connectivity index (χ4n) is 7.18. The Hall–Kier alpha value is -1.08. The van der Waals surface area contributed by atoms with Crippen LogP contribution in [-0.2, 0) is 11.1 Å². The van der Waals surface area contributed by atoms with Gasteiger partial charge < -0.3 is 0 Å². The molecule has 1 heteroatoms. The Balaban J connectivity index is 1.95. The molecule has 1 nitrogen and oxygen atoms in total. The van der Waals surface area contributed by atoms with Crippen LogP contribution in [0.5, 0.6) is 0 Å². The normalized spacial score (nSPS) is 34.4. The second-order valence-corrected chi connectivity index (χ2v) is 8.90. The molecule has 2 aliphatic carbocycles. The van der Waals surface area contributed by atoms with Crippen LogP contribution in [0.25, 0.3) is 0 Å². The Labute approximate surface area is 147 Å². The molecule has 0 N–H and O–H groups in total. The molecule has 2 aliphatic heterocycles. The molecule has 0 radical (unpaired) electrons.